The van der Waals surface area contributed by atoms with Crippen LogP contribution in [0.2, 0.25) is 0 Å². The fourth-order valence-electron chi connectivity index (χ4n) is 3.16. The molecule has 1 aromatic heterocycles. The van der Waals surface area contributed by atoms with Gasteiger partial charge in [-0.15, -0.1) is 0 Å². The highest BCUT2D eigenvalue weighted by atomic mass is 32.2. The molecule has 0 fully saturated rings. The van der Waals surface area contributed by atoms with E-state index in [1.54, 1.807) is 19.2 Å². The molecule has 1 heterocycles. The van der Waals surface area contributed by atoms with Crippen LogP contribution in [0.1, 0.15) is 12.0 Å². The van der Waals surface area contributed by atoms with Crippen LogP contribution < -0.4 is 26.0 Å². The van der Waals surface area contributed by atoms with Gasteiger partial charge >= 0.3 is 5.69 Å². The SMILES string of the molecule is COc1ccc(CNC(=O)CCNS(=O)(=O)c2ccc3c(c2)c(=O)n(C)c(=O)n3C)cc1. The summed E-state index contributed by atoms with van der Waals surface area (Å²) >= 11 is 0. The lowest BCUT2D eigenvalue weighted by atomic mass is 10.2. The van der Waals surface area contributed by atoms with Crippen LogP contribution >= 0.6 is 0 Å². The molecule has 2 aromatic carbocycles. The van der Waals surface area contributed by atoms with Gasteiger partial charge in [0.15, 0.2) is 0 Å². The number of amides is 1. The summed E-state index contributed by atoms with van der Waals surface area (Å²) in [5.74, 6) is 0.397. The van der Waals surface area contributed by atoms with Crippen molar-refractivity contribution in [1.82, 2.24) is 19.2 Å². The van der Waals surface area contributed by atoms with Gasteiger partial charge in [-0.1, -0.05) is 12.1 Å². The van der Waals surface area contributed by atoms with E-state index >= 15 is 0 Å². The topological polar surface area (TPSA) is 128 Å². The van der Waals surface area contributed by atoms with Crippen LogP contribution in [0, 0.1) is 0 Å². The Labute approximate surface area is 184 Å². The van der Waals surface area contributed by atoms with Crippen molar-refractivity contribution in [1.29, 1.82) is 0 Å². The molecule has 1 amide bonds. The Kier molecular flexibility index (Phi) is 6.80. The Morgan fingerprint density at radius 2 is 1.72 bits per heavy atom. The normalized spacial score (nSPS) is 11.5. The molecule has 170 valence electrons. The van der Waals surface area contributed by atoms with Crippen LogP contribution in [-0.2, 0) is 35.5 Å². The second-order valence-electron chi connectivity index (χ2n) is 7.16. The lowest BCUT2D eigenvalue weighted by Gasteiger charge is -2.11. The van der Waals surface area contributed by atoms with Crippen molar-refractivity contribution in [3.8, 4) is 5.75 Å². The van der Waals surface area contributed by atoms with Gasteiger partial charge in [-0.05, 0) is 35.9 Å². The van der Waals surface area contributed by atoms with Crippen LogP contribution in [0.25, 0.3) is 10.9 Å². The van der Waals surface area contributed by atoms with Crippen molar-refractivity contribution in [2.24, 2.45) is 14.1 Å². The number of aromatic nitrogens is 2. The number of hydrogen-bond acceptors (Lipinski definition) is 6. The Morgan fingerprint density at radius 1 is 1.03 bits per heavy atom. The molecule has 0 atom stereocenters. The summed E-state index contributed by atoms with van der Waals surface area (Å²) in [5, 5.41) is 2.83. The summed E-state index contributed by atoms with van der Waals surface area (Å²) in [5.41, 5.74) is 0.122. The molecule has 0 aliphatic carbocycles. The molecule has 3 aromatic rings. The van der Waals surface area contributed by atoms with Crippen molar-refractivity contribution in [2.45, 2.75) is 17.9 Å². The number of methoxy groups -OCH3 is 1. The number of fused-ring (bicyclic) bond motifs is 1. The zero-order valence-electron chi connectivity index (χ0n) is 17.9. The highest BCUT2D eigenvalue weighted by molar-refractivity contribution is 7.89. The lowest BCUT2D eigenvalue weighted by molar-refractivity contribution is -0.121. The largest absolute Gasteiger partial charge is 0.497 e. The van der Waals surface area contributed by atoms with Gasteiger partial charge in [-0.3, -0.25) is 18.7 Å². The summed E-state index contributed by atoms with van der Waals surface area (Å²) in [6, 6.07) is 11.2. The third kappa shape index (κ3) is 4.89. The molecule has 0 aliphatic rings. The molecule has 0 saturated heterocycles. The molecule has 0 radical (unpaired) electrons. The number of carbonyl (C=O) groups is 1. The quantitative estimate of drug-likeness (QED) is 0.495. The van der Waals surface area contributed by atoms with Crippen molar-refractivity contribution in [2.75, 3.05) is 13.7 Å². The van der Waals surface area contributed by atoms with Crippen molar-refractivity contribution in [3.05, 3.63) is 68.9 Å². The van der Waals surface area contributed by atoms with Crippen LogP contribution in [0.3, 0.4) is 0 Å². The monoisotopic (exact) mass is 460 g/mol. The van der Waals surface area contributed by atoms with E-state index in [9.17, 15) is 22.8 Å². The number of sulfonamides is 1. The second-order valence-corrected chi connectivity index (χ2v) is 8.92. The van der Waals surface area contributed by atoms with Gasteiger partial charge in [0, 0.05) is 33.6 Å². The Morgan fingerprint density at radius 3 is 2.38 bits per heavy atom. The molecule has 0 unspecified atom stereocenters. The molecule has 11 heteroatoms. The summed E-state index contributed by atoms with van der Waals surface area (Å²) in [6.45, 7) is 0.197. The van der Waals surface area contributed by atoms with E-state index in [1.807, 2.05) is 12.1 Å². The van der Waals surface area contributed by atoms with Crippen LogP contribution in [-0.4, -0.2) is 37.1 Å². The Bertz CT molecular complexity index is 1370. The second kappa shape index (κ2) is 9.37. The van der Waals surface area contributed by atoms with E-state index in [2.05, 4.69) is 10.0 Å². The van der Waals surface area contributed by atoms with E-state index in [0.717, 1.165) is 10.1 Å². The van der Waals surface area contributed by atoms with Gasteiger partial charge in [0.05, 0.1) is 22.9 Å². The third-order valence-electron chi connectivity index (χ3n) is 5.04. The van der Waals surface area contributed by atoms with Gasteiger partial charge in [0.25, 0.3) is 5.56 Å². The highest BCUT2D eigenvalue weighted by Crippen LogP contribution is 2.15. The van der Waals surface area contributed by atoms with Crippen LogP contribution in [0.4, 0.5) is 0 Å². The zero-order chi connectivity index (χ0) is 23.5. The first kappa shape index (κ1) is 23.2. The molecular weight excluding hydrogens is 436 g/mol. The molecule has 0 aliphatic heterocycles. The zero-order valence-corrected chi connectivity index (χ0v) is 18.7. The lowest BCUT2D eigenvalue weighted by Crippen LogP contribution is -2.37. The minimum absolute atomic E-state index is 0.0563. The predicted octanol–water partition coefficient (Wildman–Crippen LogP) is 0.231. The van der Waals surface area contributed by atoms with Gasteiger partial charge in [-0.2, -0.15) is 0 Å². The number of rotatable bonds is 8. The molecule has 32 heavy (non-hydrogen) atoms. The minimum Gasteiger partial charge on any atom is -0.497 e. The number of hydrogen-bond donors (Lipinski definition) is 2. The summed E-state index contributed by atoms with van der Waals surface area (Å²) in [6.07, 6.45) is -0.0563. The molecule has 2 N–H and O–H groups in total. The number of nitrogens with zero attached hydrogens (tertiary/aromatic N) is 2. The number of aryl methyl sites for hydroxylation is 1. The standard InChI is InChI=1S/C21H24N4O6S/c1-24-18-9-8-16(12-17(18)20(27)25(2)21(24)28)32(29,30)23-11-10-19(26)22-13-14-4-6-15(31-3)7-5-14/h4-9,12,23H,10-11,13H2,1-3H3,(H,22,26). The fourth-order valence-corrected chi connectivity index (χ4v) is 4.21. The average Bonchev–Trinajstić information content (AvgIpc) is 2.79. The average molecular weight is 461 g/mol. The van der Waals surface area contributed by atoms with E-state index in [4.69, 9.17) is 4.74 Å². The highest BCUT2D eigenvalue weighted by Gasteiger charge is 2.17. The van der Waals surface area contributed by atoms with E-state index in [-0.39, 0.29) is 29.2 Å². The fraction of sp³-hybridized carbons (Fsp3) is 0.286. The van der Waals surface area contributed by atoms with Crippen LogP contribution in [0.5, 0.6) is 5.75 Å². The minimum atomic E-state index is -3.95. The van der Waals surface area contributed by atoms with Crippen molar-refractivity contribution >= 4 is 26.8 Å². The first-order valence-electron chi connectivity index (χ1n) is 9.73. The third-order valence-corrected chi connectivity index (χ3v) is 6.50. The van der Waals surface area contributed by atoms with Gasteiger partial charge in [0.1, 0.15) is 5.75 Å². The first-order chi connectivity index (χ1) is 15.1. The Balaban J connectivity index is 1.63. The molecule has 0 saturated carbocycles. The maximum absolute atomic E-state index is 12.6. The molecule has 3 rings (SSSR count). The maximum Gasteiger partial charge on any atom is 0.330 e. The smallest absolute Gasteiger partial charge is 0.330 e. The summed E-state index contributed by atoms with van der Waals surface area (Å²) in [4.78, 5) is 36.3. The van der Waals surface area contributed by atoms with Crippen LogP contribution in [0.15, 0.2) is 56.9 Å². The number of carbonyl (C=O) groups excluding carboxylic acids is 1. The van der Waals surface area contributed by atoms with E-state index < -0.39 is 21.3 Å². The van der Waals surface area contributed by atoms with Crippen molar-refractivity contribution < 1.29 is 17.9 Å². The molecule has 0 bridgehead atoms. The number of ether oxygens (including phenoxy) is 1. The summed E-state index contributed by atoms with van der Waals surface area (Å²) in [7, 11) is 0.441. The molecule has 10 nitrogen and oxygen atoms in total. The van der Waals surface area contributed by atoms with Gasteiger partial charge in [-0.25, -0.2) is 17.9 Å². The number of benzene rings is 2. The predicted molar refractivity (Wildman–Crippen MR) is 119 cm³/mol. The van der Waals surface area contributed by atoms with E-state index in [0.29, 0.717) is 17.8 Å². The maximum atomic E-state index is 12.6. The molecular formula is C21H24N4O6S. The first-order valence-corrected chi connectivity index (χ1v) is 11.2. The molecule has 0 spiro atoms. The van der Waals surface area contributed by atoms with Gasteiger partial charge in [0.2, 0.25) is 15.9 Å². The Hall–Kier alpha value is -3.44. The summed E-state index contributed by atoms with van der Waals surface area (Å²) < 4.78 is 34.9. The van der Waals surface area contributed by atoms with Gasteiger partial charge < -0.3 is 10.1 Å². The van der Waals surface area contributed by atoms with Crippen molar-refractivity contribution in [3.63, 3.8) is 0 Å². The van der Waals surface area contributed by atoms with E-state index in [1.165, 1.54) is 36.9 Å². The number of nitrogens with one attached hydrogen (secondary N) is 2.